The first-order chi connectivity index (χ1) is 16.2. The van der Waals surface area contributed by atoms with Gasteiger partial charge in [-0.25, -0.2) is 9.78 Å². The van der Waals surface area contributed by atoms with E-state index in [1.807, 2.05) is 41.8 Å². The molecule has 7 heteroatoms. The molecule has 3 aromatic carbocycles. The largest absolute Gasteiger partial charge is 0.375 e. The molecule has 2 amide bonds. The zero-order valence-corrected chi connectivity index (χ0v) is 19.1. The first kappa shape index (κ1) is 22.5. The van der Waals surface area contributed by atoms with Gasteiger partial charge in [-0.3, -0.25) is 4.90 Å². The lowest BCUT2D eigenvalue weighted by Crippen LogP contribution is -2.36. The fourth-order valence-corrected chi connectivity index (χ4v) is 4.12. The van der Waals surface area contributed by atoms with Gasteiger partial charge in [0.15, 0.2) is 5.13 Å². The van der Waals surface area contributed by atoms with Gasteiger partial charge in [-0.05, 0) is 23.3 Å². The van der Waals surface area contributed by atoms with Crippen molar-refractivity contribution in [2.45, 2.75) is 13.1 Å². The molecule has 0 aliphatic carbocycles. The molecule has 4 rings (SSSR count). The van der Waals surface area contributed by atoms with E-state index in [0.29, 0.717) is 11.7 Å². The van der Waals surface area contributed by atoms with Crippen molar-refractivity contribution in [1.82, 2.24) is 15.2 Å². The number of aromatic nitrogens is 1. The summed E-state index contributed by atoms with van der Waals surface area (Å²) in [4.78, 5) is 19.0. The number of hydrogen-bond acceptors (Lipinski definition) is 5. The number of anilines is 2. The zero-order valence-electron chi connectivity index (χ0n) is 18.3. The standard InChI is InChI=1S/C26H27N5OS/c27-25-30-24(19-33-25)22-11-13-23(14-12-22)29-26(32)28-15-16-31(17-20-7-3-1-4-8-20)18-21-9-5-2-6-10-21/h1-14,19H,15-18H2,(H2,27,30)(H2,28,29,32). The molecule has 4 aromatic rings. The Morgan fingerprint density at radius 1 is 0.879 bits per heavy atom. The van der Waals surface area contributed by atoms with Crippen molar-refractivity contribution in [2.24, 2.45) is 0 Å². The van der Waals surface area contributed by atoms with Crippen LogP contribution in [0.5, 0.6) is 0 Å². The Kier molecular flexibility index (Phi) is 7.68. The third kappa shape index (κ3) is 6.90. The second-order valence-corrected chi connectivity index (χ2v) is 8.60. The molecule has 0 fully saturated rings. The van der Waals surface area contributed by atoms with Crippen molar-refractivity contribution >= 4 is 28.2 Å². The van der Waals surface area contributed by atoms with E-state index >= 15 is 0 Å². The molecule has 1 aromatic heterocycles. The summed E-state index contributed by atoms with van der Waals surface area (Å²) in [5.74, 6) is 0. The van der Waals surface area contributed by atoms with Gasteiger partial charge < -0.3 is 16.4 Å². The van der Waals surface area contributed by atoms with Crippen LogP contribution in [0.25, 0.3) is 11.3 Å². The van der Waals surface area contributed by atoms with Gasteiger partial charge in [0.05, 0.1) is 5.69 Å². The van der Waals surface area contributed by atoms with E-state index in [4.69, 9.17) is 5.73 Å². The van der Waals surface area contributed by atoms with Crippen molar-refractivity contribution in [1.29, 1.82) is 0 Å². The Hall–Kier alpha value is -3.68. The Balaban J connectivity index is 1.29. The molecule has 168 valence electrons. The summed E-state index contributed by atoms with van der Waals surface area (Å²) in [5.41, 5.74) is 10.7. The molecular weight excluding hydrogens is 430 g/mol. The van der Waals surface area contributed by atoms with Crippen molar-refractivity contribution in [2.75, 3.05) is 24.1 Å². The minimum absolute atomic E-state index is 0.222. The molecule has 6 nitrogen and oxygen atoms in total. The van der Waals surface area contributed by atoms with Gasteiger partial charge in [-0.2, -0.15) is 0 Å². The number of thiazole rings is 1. The highest BCUT2D eigenvalue weighted by Crippen LogP contribution is 2.24. The fraction of sp³-hybridized carbons (Fsp3) is 0.154. The van der Waals surface area contributed by atoms with Crippen LogP contribution in [0.2, 0.25) is 0 Å². The highest BCUT2D eigenvalue weighted by molar-refractivity contribution is 7.13. The second kappa shape index (κ2) is 11.3. The minimum Gasteiger partial charge on any atom is -0.375 e. The summed E-state index contributed by atoms with van der Waals surface area (Å²) < 4.78 is 0. The van der Waals surface area contributed by atoms with Gasteiger partial charge in [-0.15, -0.1) is 11.3 Å². The van der Waals surface area contributed by atoms with Crippen LogP contribution in [0.4, 0.5) is 15.6 Å². The lowest BCUT2D eigenvalue weighted by atomic mass is 10.1. The summed E-state index contributed by atoms with van der Waals surface area (Å²) in [6.07, 6.45) is 0. The van der Waals surface area contributed by atoms with E-state index in [1.54, 1.807) is 0 Å². The molecule has 0 bridgehead atoms. The van der Waals surface area contributed by atoms with Gasteiger partial charge in [0.25, 0.3) is 0 Å². The Bertz CT molecular complexity index is 1100. The van der Waals surface area contributed by atoms with E-state index in [0.717, 1.165) is 36.6 Å². The lowest BCUT2D eigenvalue weighted by Gasteiger charge is -2.23. The lowest BCUT2D eigenvalue weighted by molar-refractivity contribution is 0.239. The van der Waals surface area contributed by atoms with Crippen LogP contribution in [-0.4, -0.2) is 29.0 Å². The van der Waals surface area contributed by atoms with Crippen molar-refractivity contribution < 1.29 is 4.79 Å². The molecule has 33 heavy (non-hydrogen) atoms. The number of amides is 2. The smallest absolute Gasteiger partial charge is 0.319 e. The summed E-state index contributed by atoms with van der Waals surface area (Å²) in [7, 11) is 0. The number of benzene rings is 3. The Labute approximate surface area is 198 Å². The van der Waals surface area contributed by atoms with Gasteiger partial charge in [0.1, 0.15) is 0 Å². The zero-order chi connectivity index (χ0) is 22.9. The van der Waals surface area contributed by atoms with Crippen LogP contribution in [-0.2, 0) is 13.1 Å². The molecule has 0 saturated carbocycles. The van der Waals surface area contributed by atoms with Crippen molar-refractivity contribution in [3.63, 3.8) is 0 Å². The number of carbonyl (C=O) groups is 1. The van der Waals surface area contributed by atoms with E-state index < -0.39 is 0 Å². The van der Waals surface area contributed by atoms with Crippen LogP contribution in [0.15, 0.2) is 90.3 Å². The molecule has 0 unspecified atom stereocenters. The number of hydrogen-bond donors (Lipinski definition) is 3. The first-order valence-electron chi connectivity index (χ1n) is 10.8. The molecule has 0 aliphatic rings. The molecule has 1 heterocycles. The van der Waals surface area contributed by atoms with Crippen LogP contribution >= 0.6 is 11.3 Å². The predicted octanol–water partition coefficient (Wildman–Crippen LogP) is 5.22. The third-order valence-corrected chi connectivity index (χ3v) is 5.85. The van der Waals surface area contributed by atoms with E-state index in [2.05, 4.69) is 69.0 Å². The fourth-order valence-electron chi connectivity index (χ4n) is 3.54. The summed E-state index contributed by atoms with van der Waals surface area (Å²) in [5, 5.41) is 8.31. The molecule has 0 atom stereocenters. The SMILES string of the molecule is Nc1nc(-c2ccc(NC(=O)NCCN(Cc3ccccc3)Cc3ccccc3)cc2)cs1. The van der Waals surface area contributed by atoms with Crippen LogP contribution in [0.3, 0.4) is 0 Å². The van der Waals surface area contributed by atoms with E-state index in [9.17, 15) is 4.79 Å². The maximum absolute atomic E-state index is 12.4. The number of nitrogens with one attached hydrogen (secondary N) is 2. The second-order valence-electron chi connectivity index (χ2n) is 7.71. The number of carbonyl (C=O) groups excluding carboxylic acids is 1. The highest BCUT2D eigenvalue weighted by atomic mass is 32.1. The number of urea groups is 1. The van der Waals surface area contributed by atoms with Crippen LogP contribution < -0.4 is 16.4 Å². The summed E-state index contributed by atoms with van der Waals surface area (Å²) >= 11 is 1.41. The van der Waals surface area contributed by atoms with Crippen molar-refractivity contribution in [3.05, 3.63) is 101 Å². The monoisotopic (exact) mass is 457 g/mol. The normalized spacial score (nSPS) is 10.8. The molecule has 0 aliphatic heterocycles. The Morgan fingerprint density at radius 2 is 1.48 bits per heavy atom. The quantitative estimate of drug-likeness (QED) is 0.322. The number of nitrogens with zero attached hydrogens (tertiary/aromatic N) is 2. The van der Waals surface area contributed by atoms with Gasteiger partial charge in [0.2, 0.25) is 0 Å². The number of nitrogens with two attached hydrogens (primary N) is 1. The highest BCUT2D eigenvalue weighted by Gasteiger charge is 2.09. The average Bonchev–Trinajstić information content (AvgIpc) is 3.27. The maximum Gasteiger partial charge on any atom is 0.319 e. The van der Waals surface area contributed by atoms with Crippen LogP contribution in [0.1, 0.15) is 11.1 Å². The topological polar surface area (TPSA) is 83.3 Å². The molecule has 0 spiro atoms. The maximum atomic E-state index is 12.4. The van der Waals surface area contributed by atoms with Gasteiger partial charge in [-0.1, -0.05) is 72.8 Å². The molecule has 0 radical (unpaired) electrons. The molecule has 4 N–H and O–H groups in total. The molecular formula is C26H27N5OS. The number of rotatable bonds is 9. The van der Waals surface area contributed by atoms with Gasteiger partial charge >= 0.3 is 6.03 Å². The van der Waals surface area contributed by atoms with E-state index in [-0.39, 0.29) is 6.03 Å². The average molecular weight is 458 g/mol. The summed E-state index contributed by atoms with van der Waals surface area (Å²) in [6.45, 7) is 2.92. The van der Waals surface area contributed by atoms with Crippen molar-refractivity contribution in [3.8, 4) is 11.3 Å². The Morgan fingerprint density at radius 3 is 2.03 bits per heavy atom. The number of nitrogen functional groups attached to an aromatic ring is 1. The summed E-state index contributed by atoms with van der Waals surface area (Å²) in [6, 6.07) is 28.1. The predicted molar refractivity (Wildman–Crippen MR) is 136 cm³/mol. The minimum atomic E-state index is -0.222. The van der Waals surface area contributed by atoms with Crippen LogP contribution in [0, 0.1) is 0 Å². The van der Waals surface area contributed by atoms with Gasteiger partial charge in [0, 0.05) is 42.8 Å². The van der Waals surface area contributed by atoms with E-state index in [1.165, 1.54) is 22.5 Å². The molecule has 0 saturated heterocycles. The first-order valence-corrected chi connectivity index (χ1v) is 11.7. The third-order valence-electron chi connectivity index (χ3n) is 5.17.